The maximum Gasteiger partial charge on any atom is 0.253 e. The third-order valence-corrected chi connectivity index (χ3v) is 9.98. The van der Waals surface area contributed by atoms with Crippen LogP contribution in [0.1, 0.15) is 69.9 Å². The Bertz CT molecular complexity index is 1070. The molecule has 3 heterocycles. The zero-order valence-electron chi connectivity index (χ0n) is 22.9. The maximum absolute atomic E-state index is 17.4. The summed E-state index contributed by atoms with van der Waals surface area (Å²) in [7, 11) is 0. The highest BCUT2D eigenvalue weighted by Crippen LogP contribution is 2.46. The second-order valence-electron chi connectivity index (χ2n) is 12.1. The van der Waals surface area contributed by atoms with Gasteiger partial charge in [0.2, 0.25) is 5.91 Å². The molecule has 3 unspecified atom stereocenters. The molecule has 1 saturated carbocycles. The van der Waals surface area contributed by atoms with Gasteiger partial charge in [0.25, 0.3) is 12.3 Å². The van der Waals surface area contributed by atoms with E-state index in [-0.39, 0.29) is 37.9 Å². The van der Waals surface area contributed by atoms with Crippen molar-refractivity contribution in [1.82, 2.24) is 20.0 Å². The Hall–Kier alpha value is -1.55. The largest absolute Gasteiger partial charge is 0.317 e. The first-order valence-corrected chi connectivity index (χ1v) is 15.3. The summed E-state index contributed by atoms with van der Waals surface area (Å²) in [6, 6.07) is 6.52. The average molecular weight is 604 g/mol. The van der Waals surface area contributed by atoms with E-state index in [0.29, 0.717) is 24.4 Å². The topological polar surface area (TPSA) is 55.9 Å². The van der Waals surface area contributed by atoms with E-state index in [4.69, 9.17) is 23.2 Å². The molecule has 1 N–H and O–H groups in total. The Morgan fingerprint density at radius 2 is 1.68 bits per heavy atom. The standard InChI is InChI=1S/C29H39Cl2F3N4O2/c1-19(20-9-11-22(30)12-10-20)38-25(39)16-37(27(40)28(38)17-36(18-28)15-24(32)33)26-29(34,13-23(31)14-35-26)21-7-5-3-2-4-6-8-21/h9-12,19,21,23-24,26,35H,2-8,13-18H2,1H3/t19-,23?,26?,29?/m0/s1. The van der Waals surface area contributed by atoms with Crippen LogP contribution < -0.4 is 5.32 Å². The van der Waals surface area contributed by atoms with Crippen molar-refractivity contribution in [2.24, 2.45) is 5.92 Å². The number of rotatable bonds is 6. The van der Waals surface area contributed by atoms with E-state index in [1.807, 2.05) is 6.92 Å². The van der Waals surface area contributed by atoms with Crippen LogP contribution in [0.4, 0.5) is 13.2 Å². The van der Waals surface area contributed by atoms with Crippen LogP contribution in [0, 0.1) is 5.92 Å². The van der Waals surface area contributed by atoms with Gasteiger partial charge in [-0.05, 0) is 43.4 Å². The van der Waals surface area contributed by atoms with E-state index < -0.39 is 47.7 Å². The van der Waals surface area contributed by atoms with Gasteiger partial charge < -0.3 is 9.80 Å². The van der Waals surface area contributed by atoms with E-state index in [0.717, 1.165) is 37.7 Å². The highest BCUT2D eigenvalue weighted by atomic mass is 35.5. The first-order chi connectivity index (χ1) is 19.0. The highest BCUT2D eigenvalue weighted by Gasteiger charge is 2.64. The molecule has 6 nitrogen and oxygen atoms in total. The normalized spacial score (nSPS) is 31.3. The predicted molar refractivity (Wildman–Crippen MR) is 149 cm³/mol. The molecule has 4 fully saturated rings. The van der Waals surface area contributed by atoms with E-state index in [1.54, 1.807) is 29.2 Å². The van der Waals surface area contributed by atoms with E-state index >= 15 is 4.39 Å². The quantitative estimate of drug-likeness (QED) is 0.444. The Morgan fingerprint density at radius 3 is 2.30 bits per heavy atom. The average Bonchev–Trinajstić information content (AvgIpc) is 2.85. The molecule has 1 aromatic rings. The zero-order chi connectivity index (χ0) is 28.7. The molecule has 3 aliphatic heterocycles. The first-order valence-electron chi connectivity index (χ1n) is 14.5. The zero-order valence-corrected chi connectivity index (χ0v) is 24.4. The molecule has 0 radical (unpaired) electrons. The molecule has 1 aromatic carbocycles. The lowest BCUT2D eigenvalue weighted by Crippen LogP contribution is -2.83. The van der Waals surface area contributed by atoms with Gasteiger partial charge in [0.05, 0.1) is 12.6 Å². The number of carbonyl (C=O) groups is 2. The highest BCUT2D eigenvalue weighted by molar-refractivity contribution is 6.30. The number of alkyl halides is 4. The van der Waals surface area contributed by atoms with Crippen molar-refractivity contribution in [2.75, 3.05) is 32.7 Å². The summed E-state index contributed by atoms with van der Waals surface area (Å²) in [6.07, 6.45) is 3.04. The monoisotopic (exact) mass is 602 g/mol. The fourth-order valence-corrected chi connectivity index (χ4v) is 7.97. The van der Waals surface area contributed by atoms with E-state index in [1.165, 1.54) is 9.80 Å². The Balaban J connectivity index is 1.48. The van der Waals surface area contributed by atoms with Crippen LogP contribution in [0.2, 0.25) is 5.02 Å². The van der Waals surface area contributed by atoms with E-state index in [2.05, 4.69) is 5.32 Å². The van der Waals surface area contributed by atoms with Crippen LogP contribution in [0.3, 0.4) is 0 Å². The molecule has 4 aliphatic rings. The molecule has 40 heavy (non-hydrogen) atoms. The summed E-state index contributed by atoms with van der Waals surface area (Å²) in [4.78, 5) is 32.8. The van der Waals surface area contributed by atoms with Crippen molar-refractivity contribution >= 4 is 35.0 Å². The number of piperidine rings is 1. The van der Waals surface area contributed by atoms with Crippen LogP contribution in [0.25, 0.3) is 0 Å². The van der Waals surface area contributed by atoms with Gasteiger partial charge in [-0.2, -0.15) is 0 Å². The summed E-state index contributed by atoms with van der Waals surface area (Å²) in [5.41, 5.74) is -2.37. The van der Waals surface area contributed by atoms with Gasteiger partial charge in [0.1, 0.15) is 23.9 Å². The van der Waals surface area contributed by atoms with Crippen molar-refractivity contribution in [3.8, 4) is 0 Å². The van der Waals surface area contributed by atoms with Gasteiger partial charge in [-0.15, -0.1) is 11.6 Å². The number of nitrogens with zero attached hydrogens (tertiary/aromatic N) is 3. The van der Waals surface area contributed by atoms with Gasteiger partial charge in [0.15, 0.2) is 0 Å². The lowest BCUT2D eigenvalue weighted by atomic mass is 9.73. The number of piperazine rings is 1. The number of halogens is 5. The molecule has 3 saturated heterocycles. The van der Waals surface area contributed by atoms with Gasteiger partial charge in [-0.25, -0.2) is 13.2 Å². The van der Waals surface area contributed by atoms with Crippen molar-refractivity contribution in [1.29, 1.82) is 0 Å². The third-order valence-electron chi connectivity index (χ3n) is 9.42. The number of nitrogens with one attached hydrogen (secondary N) is 1. The van der Waals surface area contributed by atoms with E-state index in [9.17, 15) is 18.4 Å². The Kier molecular flexibility index (Phi) is 8.96. The molecule has 222 valence electrons. The third kappa shape index (κ3) is 5.60. The van der Waals surface area contributed by atoms with Crippen molar-refractivity contribution in [3.63, 3.8) is 0 Å². The molecular formula is C29H39Cl2F3N4O2. The molecule has 0 bridgehead atoms. The van der Waals surface area contributed by atoms with Crippen LogP contribution in [-0.2, 0) is 9.59 Å². The summed E-state index contributed by atoms with van der Waals surface area (Å²) < 4.78 is 43.9. The number of amides is 2. The van der Waals surface area contributed by atoms with Crippen LogP contribution in [0.15, 0.2) is 24.3 Å². The molecule has 1 spiro atoms. The van der Waals surface area contributed by atoms with Crippen LogP contribution >= 0.6 is 23.2 Å². The molecule has 4 atom stereocenters. The smallest absolute Gasteiger partial charge is 0.253 e. The lowest BCUT2D eigenvalue weighted by molar-refractivity contribution is -0.194. The minimum atomic E-state index is -2.57. The first kappa shape index (κ1) is 29.9. The van der Waals surface area contributed by atoms with Crippen molar-refractivity contribution in [3.05, 3.63) is 34.9 Å². The summed E-state index contributed by atoms with van der Waals surface area (Å²) in [6.45, 7) is 1.33. The minimum absolute atomic E-state index is 0.0239. The van der Waals surface area contributed by atoms with Crippen LogP contribution in [-0.4, -0.2) is 88.4 Å². The second-order valence-corrected chi connectivity index (χ2v) is 13.2. The number of carbonyl (C=O) groups excluding carboxylic acids is 2. The fourth-order valence-electron chi connectivity index (χ4n) is 7.52. The Labute approximate surface area is 244 Å². The number of likely N-dealkylation sites (tertiary alicyclic amines) is 1. The number of benzene rings is 1. The number of hydrogen-bond acceptors (Lipinski definition) is 4. The summed E-state index contributed by atoms with van der Waals surface area (Å²) >= 11 is 12.6. The molecule has 0 aromatic heterocycles. The minimum Gasteiger partial charge on any atom is -0.317 e. The summed E-state index contributed by atoms with van der Waals surface area (Å²) in [5, 5.41) is 3.32. The fraction of sp³-hybridized carbons (Fsp3) is 0.724. The molecule has 2 amide bonds. The molecule has 5 rings (SSSR count). The van der Waals surface area contributed by atoms with Gasteiger partial charge in [-0.3, -0.25) is 19.8 Å². The van der Waals surface area contributed by atoms with Crippen LogP contribution in [0.5, 0.6) is 0 Å². The molecule has 11 heteroatoms. The van der Waals surface area contributed by atoms with Crippen molar-refractivity contribution in [2.45, 2.75) is 93.5 Å². The van der Waals surface area contributed by atoms with Crippen molar-refractivity contribution < 1.29 is 22.8 Å². The van der Waals surface area contributed by atoms with Gasteiger partial charge in [-0.1, -0.05) is 55.8 Å². The lowest BCUT2D eigenvalue weighted by Gasteiger charge is -2.61. The Morgan fingerprint density at radius 1 is 1.05 bits per heavy atom. The molecule has 1 aliphatic carbocycles. The van der Waals surface area contributed by atoms with Gasteiger partial charge >= 0.3 is 0 Å². The second kappa shape index (κ2) is 12.0. The number of hydrogen-bond donors (Lipinski definition) is 1. The maximum atomic E-state index is 17.4. The molecular weight excluding hydrogens is 564 g/mol. The SMILES string of the molecule is C[C@@H](c1ccc(Cl)cc1)N1C(=O)CN(C2NCC(Cl)CC2(F)C2CCCCCCC2)C(=O)C12CN(CC(F)F)C2. The predicted octanol–water partition coefficient (Wildman–Crippen LogP) is 5.39. The van der Waals surface area contributed by atoms with Gasteiger partial charge in [0, 0.05) is 36.5 Å². The summed E-state index contributed by atoms with van der Waals surface area (Å²) in [5.74, 6) is -1.00.